The average molecular weight is 216 g/mol. The van der Waals surface area contributed by atoms with Gasteiger partial charge >= 0.3 is 5.97 Å². The Hall–Kier alpha value is -0.610. The first kappa shape index (κ1) is 12.5. The van der Waals surface area contributed by atoms with Gasteiger partial charge in [0.2, 0.25) is 0 Å². The van der Waals surface area contributed by atoms with E-state index in [0.29, 0.717) is 6.42 Å². The summed E-state index contributed by atoms with van der Waals surface area (Å²) in [6, 6.07) is 0. The van der Waals surface area contributed by atoms with Crippen LogP contribution in [0.5, 0.6) is 0 Å². The highest BCUT2D eigenvalue weighted by Gasteiger charge is 2.54. The van der Waals surface area contributed by atoms with E-state index >= 15 is 0 Å². The summed E-state index contributed by atoms with van der Waals surface area (Å²) < 4.78 is 5.23. The molecule has 0 aromatic carbocycles. The average Bonchev–Trinajstić information content (AvgIpc) is 2.18. The Kier molecular flexibility index (Phi) is 3.41. The molecule has 0 unspecified atom stereocenters. The molecule has 0 amide bonds. The van der Waals surface area contributed by atoms with E-state index in [-0.39, 0.29) is 6.10 Å². The molecule has 1 aliphatic carbocycles. The molecular formula is C11H20O4. The molecule has 15 heavy (non-hydrogen) atoms. The minimum Gasteiger partial charge on any atom is -0.481 e. The predicted molar refractivity (Wildman–Crippen MR) is 55.6 cm³/mol. The maximum Gasteiger partial charge on any atom is 0.312 e. The minimum absolute atomic E-state index is 0.377. The van der Waals surface area contributed by atoms with Crippen LogP contribution in [0.1, 0.15) is 39.5 Å². The number of carbonyl (C=O) groups is 1. The minimum atomic E-state index is -1.26. The Morgan fingerprint density at radius 3 is 2.53 bits per heavy atom. The largest absolute Gasteiger partial charge is 0.481 e. The Labute approximate surface area is 90.2 Å². The number of ether oxygens (including phenoxy) is 1. The van der Waals surface area contributed by atoms with Crippen LogP contribution >= 0.6 is 0 Å². The first-order valence-electron chi connectivity index (χ1n) is 5.35. The van der Waals surface area contributed by atoms with Crippen molar-refractivity contribution >= 4 is 5.97 Å². The number of rotatable bonds is 3. The highest BCUT2D eigenvalue weighted by Crippen LogP contribution is 2.43. The predicted octanol–water partition coefficient (Wildman–Crippen LogP) is 1.42. The molecule has 1 rings (SSSR count). The Balaban J connectivity index is 3.00. The quantitative estimate of drug-likeness (QED) is 0.748. The fourth-order valence-electron chi connectivity index (χ4n) is 2.34. The molecule has 2 atom stereocenters. The van der Waals surface area contributed by atoms with Crippen molar-refractivity contribution in [1.82, 2.24) is 0 Å². The van der Waals surface area contributed by atoms with Gasteiger partial charge in [0.15, 0.2) is 0 Å². The van der Waals surface area contributed by atoms with Crippen molar-refractivity contribution in [2.75, 3.05) is 7.11 Å². The van der Waals surface area contributed by atoms with Crippen LogP contribution in [0.15, 0.2) is 0 Å². The fraction of sp³-hybridized carbons (Fsp3) is 0.909. The van der Waals surface area contributed by atoms with E-state index in [2.05, 4.69) is 0 Å². The van der Waals surface area contributed by atoms with Gasteiger partial charge in [0, 0.05) is 7.11 Å². The number of hydrogen-bond donors (Lipinski definition) is 2. The van der Waals surface area contributed by atoms with E-state index in [4.69, 9.17) is 9.84 Å². The topological polar surface area (TPSA) is 66.8 Å². The highest BCUT2D eigenvalue weighted by atomic mass is 16.5. The van der Waals surface area contributed by atoms with Crippen molar-refractivity contribution in [3.8, 4) is 0 Å². The summed E-state index contributed by atoms with van der Waals surface area (Å²) >= 11 is 0. The van der Waals surface area contributed by atoms with Gasteiger partial charge in [-0.2, -0.15) is 0 Å². The number of aliphatic carboxylic acids is 1. The normalized spacial score (nSPS) is 32.7. The molecule has 1 fully saturated rings. The van der Waals surface area contributed by atoms with Gasteiger partial charge in [-0.25, -0.2) is 0 Å². The molecule has 4 heteroatoms. The molecule has 0 saturated heterocycles. The van der Waals surface area contributed by atoms with E-state index in [1.54, 1.807) is 13.8 Å². The zero-order valence-electron chi connectivity index (χ0n) is 9.62. The molecular weight excluding hydrogens is 196 g/mol. The first-order valence-corrected chi connectivity index (χ1v) is 5.35. The third-order valence-corrected chi connectivity index (χ3v) is 3.71. The SMILES string of the molecule is CO[C@H]1CCCC[C@]1(O)C(C)(C)C(=O)O. The lowest BCUT2D eigenvalue weighted by molar-refractivity contribution is -0.197. The molecule has 4 nitrogen and oxygen atoms in total. The molecule has 0 aromatic rings. The summed E-state index contributed by atoms with van der Waals surface area (Å²) in [5, 5.41) is 19.7. The van der Waals surface area contributed by atoms with Crippen LogP contribution in [-0.2, 0) is 9.53 Å². The third-order valence-electron chi connectivity index (χ3n) is 3.71. The summed E-state index contributed by atoms with van der Waals surface area (Å²) in [4.78, 5) is 11.2. The van der Waals surface area contributed by atoms with Gasteiger partial charge in [-0.1, -0.05) is 12.8 Å². The molecule has 0 heterocycles. The van der Waals surface area contributed by atoms with E-state index in [1.165, 1.54) is 7.11 Å². The van der Waals surface area contributed by atoms with Crippen LogP contribution in [0.25, 0.3) is 0 Å². The van der Waals surface area contributed by atoms with Crippen LogP contribution in [0.3, 0.4) is 0 Å². The summed E-state index contributed by atoms with van der Waals surface area (Å²) in [5.74, 6) is -0.978. The van der Waals surface area contributed by atoms with E-state index in [0.717, 1.165) is 19.3 Å². The maximum absolute atomic E-state index is 11.2. The highest BCUT2D eigenvalue weighted by molar-refractivity contribution is 5.75. The van der Waals surface area contributed by atoms with Crippen LogP contribution in [-0.4, -0.2) is 35.0 Å². The van der Waals surface area contributed by atoms with Crippen molar-refractivity contribution in [3.63, 3.8) is 0 Å². The number of methoxy groups -OCH3 is 1. The molecule has 0 aromatic heterocycles. The van der Waals surface area contributed by atoms with E-state index in [9.17, 15) is 9.90 Å². The molecule has 88 valence electrons. The van der Waals surface area contributed by atoms with Crippen LogP contribution < -0.4 is 0 Å². The second-order valence-electron chi connectivity index (χ2n) is 4.82. The Morgan fingerprint density at radius 2 is 2.07 bits per heavy atom. The second-order valence-corrected chi connectivity index (χ2v) is 4.82. The smallest absolute Gasteiger partial charge is 0.312 e. The van der Waals surface area contributed by atoms with Gasteiger partial charge in [0.05, 0.1) is 11.5 Å². The second kappa shape index (κ2) is 4.10. The summed E-state index contributed by atoms with van der Waals surface area (Å²) in [5.41, 5.74) is -2.43. The summed E-state index contributed by atoms with van der Waals surface area (Å²) in [6.45, 7) is 3.12. The lowest BCUT2D eigenvalue weighted by atomic mass is 9.65. The van der Waals surface area contributed by atoms with Crippen LogP contribution in [0, 0.1) is 5.41 Å². The van der Waals surface area contributed by atoms with Gasteiger partial charge in [-0.15, -0.1) is 0 Å². The zero-order chi connectivity index (χ0) is 11.7. The summed E-state index contributed by atoms with van der Waals surface area (Å²) in [7, 11) is 1.53. The molecule has 1 saturated carbocycles. The van der Waals surface area contributed by atoms with Gasteiger partial charge in [-0.3, -0.25) is 4.79 Å². The van der Waals surface area contributed by atoms with Crippen molar-refractivity contribution in [2.45, 2.75) is 51.2 Å². The van der Waals surface area contributed by atoms with Crippen molar-refractivity contribution in [1.29, 1.82) is 0 Å². The first-order chi connectivity index (χ1) is 6.86. The van der Waals surface area contributed by atoms with Crippen LogP contribution in [0.4, 0.5) is 0 Å². The number of hydrogen-bond acceptors (Lipinski definition) is 3. The van der Waals surface area contributed by atoms with Crippen molar-refractivity contribution in [3.05, 3.63) is 0 Å². The van der Waals surface area contributed by atoms with Gasteiger partial charge in [-0.05, 0) is 26.7 Å². The van der Waals surface area contributed by atoms with E-state index in [1.807, 2.05) is 0 Å². The molecule has 0 radical (unpaired) electrons. The third kappa shape index (κ3) is 1.88. The molecule has 0 bridgehead atoms. The number of carboxylic acids is 1. The standard InChI is InChI=1S/C11H20O4/c1-10(2,9(12)13)11(14)7-5-4-6-8(11)15-3/h8,14H,4-7H2,1-3H3,(H,12,13)/t8-,11+/m0/s1. The monoisotopic (exact) mass is 216 g/mol. The van der Waals surface area contributed by atoms with Crippen molar-refractivity contribution < 1.29 is 19.7 Å². The molecule has 2 N–H and O–H groups in total. The molecule has 1 aliphatic rings. The number of aliphatic hydroxyl groups is 1. The molecule has 0 aliphatic heterocycles. The Morgan fingerprint density at radius 1 is 1.47 bits per heavy atom. The zero-order valence-corrected chi connectivity index (χ0v) is 9.62. The van der Waals surface area contributed by atoms with Gasteiger partial charge in [0.25, 0.3) is 0 Å². The van der Waals surface area contributed by atoms with Crippen LogP contribution in [0.2, 0.25) is 0 Å². The van der Waals surface area contributed by atoms with E-state index < -0.39 is 17.0 Å². The maximum atomic E-state index is 11.2. The Bertz CT molecular complexity index is 249. The lowest BCUT2D eigenvalue weighted by Crippen LogP contribution is -2.59. The number of carboxylic acid groups (broad SMARTS) is 1. The van der Waals surface area contributed by atoms with Gasteiger partial charge < -0.3 is 14.9 Å². The fourth-order valence-corrected chi connectivity index (χ4v) is 2.34. The van der Waals surface area contributed by atoms with Crippen molar-refractivity contribution in [2.24, 2.45) is 5.41 Å². The summed E-state index contributed by atoms with van der Waals surface area (Å²) in [6.07, 6.45) is 2.68. The molecule has 0 spiro atoms. The van der Waals surface area contributed by atoms with Gasteiger partial charge in [0.1, 0.15) is 5.60 Å². The lowest BCUT2D eigenvalue weighted by Gasteiger charge is -2.47.